The second kappa shape index (κ2) is 6.67. The van der Waals surface area contributed by atoms with Crippen molar-refractivity contribution in [3.05, 3.63) is 76.9 Å². The van der Waals surface area contributed by atoms with E-state index in [-0.39, 0.29) is 11.6 Å². The minimum absolute atomic E-state index is 0.0178. The number of pyridine rings is 1. The minimum atomic E-state index is -0.302. The lowest BCUT2D eigenvalue weighted by molar-refractivity contribution is -0.113. The van der Waals surface area contributed by atoms with E-state index in [9.17, 15) is 9.18 Å². The number of Topliss-reactive ketones (excluding diaryl/α,β-unsaturated/α-hetero) is 1. The Morgan fingerprint density at radius 2 is 1.70 bits per heavy atom. The van der Waals surface area contributed by atoms with Gasteiger partial charge in [-0.1, -0.05) is 12.1 Å². The van der Waals surface area contributed by atoms with Crippen LogP contribution in [0, 0.1) is 5.82 Å². The van der Waals surface area contributed by atoms with E-state index in [0.717, 1.165) is 11.1 Å². The van der Waals surface area contributed by atoms with Crippen molar-refractivity contribution >= 4 is 17.9 Å². The molecule has 1 aliphatic rings. The lowest BCUT2D eigenvalue weighted by Crippen LogP contribution is -2.34. The van der Waals surface area contributed by atoms with Crippen LogP contribution < -0.4 is 0 Å². The quantitative estimate of drug-likeness (QED) is 0.799. The Morgan fingerprint density at radius 1 is 1.04 bits per heavy atom. The maximum Gasteiger partial charge on any atom is 0.187 e. The molecule has 0 unspecified atom stereocenters. The molecule has 4 heteroatoms. The summed E-state index contributed by atoms with van der Waals surface area (Å²) in [7, 11) is 1.96. The van der Waals surface area contributed by atoms with Gasteiger partial charge in [-0.15, -0.1) is 0 Å². The lowest BCUT2D eigenvalue weighted by Gasteiger charge is -2.26. The highest BCUT2D eigenvalue weighted by Gasteiger charge is 2.23. The highest BCUT2D eigenvalue weighted by molar-refractivity contribution is 6.14. The molecule has 0 bridgehead atoms. The largest absolute Gasteiger partial charge is 0.298 e. The number of piperidine rings is 1. The molecule has 0 radical (unpaired) electrons. The topological polar surface area (TPSA) is 33.2 Å². The highest BCUT2D eigenvalue weighted by Crippen LogP contribution is 2.21. The van der Waals surface area contributed by atoms with Crippen LogP contribution in [0.1, 0.15) is 11.1 Å². The predicted octanol–water partition coefficient (Wildman–Crippen LogP) is 3.20. The van der Waals surface area contributed by atoms with Crippen LogP contribution in [0.25, 0.3) is 12.2 Å². The molecule has 23 heavy (non-hydrogen) atoms. The first kappa shape index (κ1) is 15.3. The molecule has 0 aliphatic carbocycles. The molecule has 0 N–H and O–H groups in total. The fraction of sp³-hybridized carbons (Fsp3) is 0.158. The van der Waals surface area contributed by atoms with E-state index < -0.39 is 0 Å². The molecule has 1 aliphatic heterocycles. The zero-order valence-corrected chi connectivity index (χ0v) is 12.9. The average molecular weight is 308 g/mol. The van der Waals surface area contributed by atoms with Gasteiger partial charge in [0.05, 0.1) is 0 Å². The third-order valence-corrected chi connectivity index (χ3v) is 3.70. The molecule has 0 saturated carbocycles. The number of carbonyl (C=O) groups is 1. The van der Waals surface area contributed by atoms with Crippen molar-refractivity contribution in [2.45, 2.75) is 0 Å². The van der Waals surface area contributed by atoms with Crippen molar-refractivity contribution in [2.75, 3.05) is 20.1 Å². The van der Waals surface area contributed by atoms with Gasteiger partial charge in [-0.05, 0) is 54.6 Å². The van der Waals surface area contributed by atoms with Crippen molar-refractivity contribution in [3.8, 4) is 0 Å². The van der Waals surface area contributed by atoms with E-state index in [1.54, 1.807) is 30.6 Å². The van der Waals surface area contributed by atoms with E-state index in [1.165, 1.54) is 12.1 Å². The lowest BCUT2D eigenvalue weighted by atomic mass is 9.95. The fourth-order valence-corrected chi connectivity index (χ4v) is 2.67. The smallest absolute Gasteiger partial charge is 0.187 e. The van der Waals surface area contributed by atoms with E-state index in [1.807, 2.05) is 25.3 Å². The van der Waals surface area contributed by atoms with Gasteiger partial charge in [-0.3, -0.25) is 14.7 Å². The Kier molecular flexibility index (Phi) is 4.44. The predicted molar refractivity (Wildman–Crippen MR) is 89.1 cm³/mol. The Morgan fingerprint density at radius 3 is 2.35 bits per heavy atom. The normalized spacial score (nSPS) is 19.5. The van der Waals surface area contributed by atoms with E-state index >= 15 is 0 Å². The number of halogens is 1. The van der Waals surface area contributed by atoms with E-state index in [2.05, 4.69) is 9.88 Å². The summed E-state index contributed by atoms with van der Waals surface area (Å²) in [5.41, 5.74) is 3.05. The van der Waals surface area contributed by atoms with Crippen molar-refractivity contribution in [1.82, 2.24) is 9.88 Å². The number of hydrogen-bond donors (Lipinski definition) is 0. The van der Waals surface area contributed by atoms with Crippen molar-refractivity contribution in [2.24, 2.45) is 0 Å². The summed E-state index contributed by atoms with van der Waals surface area (Å²) in [6.07, 6.45) is 7.06. The standard InChI is InChI=1S/C19H17FN2O/c1-22-12-16(9-14-5-7-21-8-6-14)19(23)17(13-22)10-15-3-2-4-18(20)11-15/h2-11H,12-13H2,1H3/b16-9+,17-10+. The highest BCUT2D eigenvalue weighted by atomic mass is 19.1. The van der Waals surface area contributed by atoms with Gasteiger partial charge in [0, 0.05) is 36.6 Å². The number of nitrogens with zero attached hydrogens (tertiary/aromatic N) is 2. The molecule has 0 atom stereocenters. The Labute approximate surface area is 134 Å². The maximum atomic E-state index is 13.3. The minimum Gasteiger partial charge on any atom is -0.298 e. The van der Waals surface area contributed by atoms with E-state index in [0.29, 0.717) is 24.2 Å². The van der Waals surface area contributed by atoms with Crippen molar-refractivity contribution < 1.29 is 9.18 Å². The van der Waals surface area contributed by atoms with Gasteiger partial charge in [0.25, 0.3) is 0 Å². The molecule has 2 heterocycles. The Hall–Kier alpha value is -2.59. The third-order valence-electron chi connectivity index (χ3n) is 3.70. The Balaban J connectivity index is 1.93. The number of carbonyl (C=O) groups excluding carboxylic acids is 1. The molecular formula is C19H17FN2O. The van der Waals surface area contributed by atoms with Crippen molar-refractivity contribution in [3.63, 3.8) is 0 Å². The number of hydrogen-bond acceptors (Lipinski definition) is 3. The SMILES string of the molecule is CN1C/C(=C\c2ccncc2)C(=O)/C(=C/c2cccc(F)c2)C1. The number of benzene rings is 1. The van der Waals surface area contributed by atoms with Crippen LogP contribution in [0.15, 0.2) is 59.9 Å². The van der Waals surface area contributed by atoms with Gasteiger partial charge >= 0.3 is 0 Å². The van der Waals surface area contributed by atoms with Crippen LogP contribution in [0.2, 0.25) is 0 Å². The zero-order chi connectivity index (χ0) is 16.2. The van der Waals surface area contributed by atoms with Gasteiger partial charge in [0.1, 0.15) is 5.82 Å². The molecule has 1 saturated heterocycles. The summed E-state index contributed by atoms with van der Waals surface area (Å²) in [5, 5.41) is 0. The molecule has 2 aromatic rings. The summed E-state index contributed by atoms with van der Waals surface area (Å²) < 4.78 is 13.3. The molecule has 116 valence electrons. The van der Waals surface area contributed by atoms with Gasteiger partial charge in [-0.2, -0.15) is 0 Å². The summed E-state index contributed by atoms with van der Waals surface area (Å²) >= 11 is 0. The maximum absolute atomic E-state index is 13.3. The summed E-state index contributed by atoms with van der Waals surface area (Å²) in [6.45, 7) is 1.16. The van der Waals surface area contributed by atoms with Crippen LogP contribution in [0.5, 0.6) is 0 Å². The summed E-state index contributed by atoms with van der Waals surface area (Å²) in [6, 6.07) is 10.00. The monoisotopic (exact) mass is 308 g/mol. The molecule has 1 aromatic heterocycles. The second-order valence-corrected chi connectivity index (χ2v) is 5.68. The van der Waals surface area contributed by atoms with Crippen LogP contribution in [-0.4, -0.2) is 35.8 Å². The number of ketones is 1. The number of likely N-dealkylation sites (N-methyl/N-ethyl adjacent to an activating group) is 1. The Bertz CT molecular complexity index is 781. The van der Waals surface area contributed by atoms with Crippen LogP contribution >= 0.6 is 0 Å². The molecular weight excluding hydrogens is 291 g/mol. The number of rotatable bonds is 2. The third kappa shape index (κ3) is 3.79. The van der Waals surface area contributed by atoms with Crippen LogP contribution in [-0.2, 0) is 4.79 Å². The van der Waals surface area contributed by atoms with Gasteiger partial charge in [0.2, 0.25) is 0 Å². The first-order valence-electron chi connectivity index (χ1n) is 7.42. The molecule has 0 spiro atoms. The zero-order valence-electron chi connectivity index (χ0n) is 12.9. The van der Waals surface area contributed by atoms with Gasteiger partial charge < -0.3 is 0 Å². The van der Waals surface area contributed by atoms with E-state index in [4.69, 9.17) is 0 Å². The van der Waals surface area contributed by atoms with Gasteiger partial charge in [0.15, 0.2) is 5.78 Å². The van der Waals surface area contributed by atoms with Gasteiger partial charge in [-0.25, -0.2) is 4.39 Å². The first-order valence-corrected chi connectivity index (χ1v) is 7.42. The van der Waals surface area contributed by atoms with Crippen molar-refractivity contribution in [1.29, 1.82) is 0 Å². The molecule has 3 rings (SSSR count). The molecule has 3 nitrogen and oxygen atoms in total. The molecule has 1 fully saturated rings. The average Bonchev–Trinajstić information content (AvgIpc) is 2.53. The number of aromatic nitrogens is 1. The number of likely N-dealkylation sites (tertiary alicyclic amines) is 1. The summed E-state index contributed by atoms with van der Waals surface area (Å²) in [5.74, 6) is -0.285. The second-order valence-electron chi connectivity index (χ2n) is 5.68. The van der Waals surface area contributed by atoms with Crippen LogP contribution in [0.4, 0.5) is 4.39 Å². The fourth-order valence-electron chi connectivity index (χ4n) is 2.67. The first-order chi connectivity index (χ1) is 11.1. The molecule has 1 aromatic carbocycles. The van der Waals surface area contributed by atoms with Crippen LogP contribution in [0.3, 0.4) is 0 Å². The molecule has 0 amide bonds. The summed E-state index contributed by atoms with van der Waals surface area (Å²) in [4.78, 5) is 18.7.